The molecule has 0 bridgehead atoms. The SMILES string of the molecule is Cc1ccc2nc(-c3nnc(C(C)Cn4nc(C)c(Br)c4C)o3)ccc2c1. The Hall–Kier alpha value is -2.54. The fraction of sp³-hybridized carbons (Fsp3) is 0.300. The van der Waals surface area contributed by atoms with Gasteiger partial charge in [-0.05, 0) is 54.9 Å². The van der Waals surface area contributed by atoms with E-state index in [0.29, 0.717) is 24.0 Å². The van der Waals surface area contributed by atoms with Crippen molar-refractivity contribution in [3.8, 4) is 11.6 Å². The predicted octanol–water partition coefficient (Wildman–Crippen LogP) is 4.97. The van der Waals surface area contributed by atoms with E-state index in [1.807, 2.05) is 42.8 Å². The van der Waals surface area contributed by atoms with Crippen molar-refractivity contribution in [1.29, 1.82) is 0 Å². The van der Waals surface area contributed by atoms with E-state index in [1.165, 1.54) is 5.56 Å². The minimum atomic E-state index is 0.0410. The molecule has 0 radical (unpaired) electrons. The first-order valence-corrected chi connectivity index (χ1v) is 9.62. The van der Waals surface area contributed by atoms with E-state index in [4.69, 9.17) is 4.42 Å². The van der Waals surface area contributed by atoms with Gasteiger partial charge in [-0.2, -0.15) is 5.10 Å². The molecule has 0 N–H and O–H groups in total. The third-order valence-corrected chi connectivity index (χ3v) is 5.81. The molecule has 1 atom stereocenters. The van der Waals surface area contributed by atoms with E-state index < -0.39 is 0 Å². The average molecular weight is 426 g/mol. The number of pyridine rings is 1. The molecule has 6 nitrogen and oxygen atoms in total. The third-order valence-electron chi connectivity index (χ3n) is 4.67. The highest BCUT2D eigenvalue weighted by molar-refractivity contribution is 9.10. The molecule has 0 saturated carbocycles. The number of aryl methyl sites for hydroxylation is 2. The summed E-state index contributed by atoms with van der Waals surface area (Å²) in [5.41, 5.74) is 4.87. The van der Waals surface area contributed by atoms with E-state index >= 15 is 0 Å². The summed E-state index contributed by atoms with van der Waals surface area (Å²) in [6.07, 6.45) is 0. The molecule has 1 unspecified atom stereocenters. The zero-order valence-electron chi connectivity index (χ0n) is 15.7. The number of hydrogen-bond acceptors (Lipinski definition) is 5. The third kappa shape index (κ3) is 3.39. The lowest BCUT2D eigenvalue weighted by atomic mass is 10.1. The molecule has 0 amide bonds. The largest absolute Gasteiger partial charge is 0.419 e. The van der Waals surface area contributed by atoms with Crippen LogP contribution in [-0.4, -0.2) is 25.0 Å². The Labute approximate surface area is 165 Å². The van der Waals surface area contributed by atoms with Gasteiger partial charge in [-0.3, -0.25) is 4.68 Å². The maximum absolute atomic E-state index is 5.92. The molecule has 0 spiro atoms. The van der Waals surface area contributed by atoms with Gasteiger partial charge in [0, 0.05) is 11.1 Å². The van der Waals surface area contributed by atoms with Gasteiger partial charge in [-0.1, -0.05) is 24.6 Å². The summed E-state index contributed by atoms with van der Waals surface area (Å²) in [5.74, 6) is 1.06. The highest BCUT2D eigenvalue weighted by Crippen LogP contribution is 2.26. The Morgan fingerprint density at radius 3 is 2.67 bits per heavy atom. The second kappa shape index (κ2) is 6.88. The van der Waals surface area contributed by atoms with Crippen LogP contribution in [0, 0.1) is 20.8 Å². The number of fused-ring (bicyclic) bond motifs is 1. The van der Waals surface area contributed by atoms with Crippen molar-refractivity contribution in [2.24, 2.45) is 0 Å². The highest BCUT2D eigenvalue weighted by atomic mass is 79.9. The first-order valence-electron chi connectivity index (χ1n) is 8.83. The standard InChI is InChI=1S/C20H20BrN5O/c1-11-5-7-16-15(9-11)6-8-17(22-16)20-24-23-19(27-20)12(2)10-26-14(4)18(21)13(3)25-26/h5-9,12H,10H2,1-4H3. The van der Waals surface area contributed by atoms with Crippen LogP contribution in [0.5, 0.6) is 0 Å². The van der Waals surface area contributed by atoms with Gasteiger partial charge in [0.25, 0.3) is 5.89 Å². The molecule has 3 aromatic heterocycles. The molecule has 4 rings (SSSR count). The molecular formula is C20H20BrN5O. The highest BCUT2D eigenvalue weighted by Gasteiger charge is 2.19. The number of halogens is 1. The van der Waals surface area contributed by atoms with Gasteiger partial charge >= 0.3 is 0 Å². The summed E-state index contributed by atoms with van der Waals surface area (Å²) >= 11 is 3.56. The fourth-order valence-corrected chi connectivity index (χ4v) is 3.38. The molecule has 0 saturated heterocycles. The van der Waals surface area contributed by atoms with Crippen LogP contribution in [0.1, 0.15) is 35.7 Å². The lowest BCUT2D eigenvalue weighted by Crippen LogP contribution is -2.09. The van der Waals surface area contributed by atoms with E-state index in [2.05, 4.69) is 56.1 Å². The zero-order chi connectivity index (χ0) is 19.1. The van der Waals surface area contributed by atoms with E-state index in [1.54, 1.807) is 0 Å². The molecule has 0 aliphatic heterocycles. The van der Waals surface area contributed by atoms with Crippen molar-refractivity contribution in [1.82, 2.24) is 25.0 Å². The van der Waals surface area contributed by atoms with Crippen LogP contribution in [0.15, 0.2) is 39.2 Å². The van der Waals surface area contributed by atoms with Gasteiger partial charge in [-0.25, -0.2) is 4.98 Å². The quantitative estimate of drug-likeness (QED) is 0.461. The Morgan fingerprint density at radius 2 is 1.93 bits per heavy atom. The maximum Gasteiger partial charge on any atom is 0.266 e. The lowest BCUT2D eigenvalue weighted by molar-refractivity contribution is 0.419. The fourth-order valence-electron chi connectivity index (χ4n) is 3.09. The van der Waals surface area contributed by atoms with E-state index in [-0.39, 0.29) is 5.92 Å². The van der Waals surface area contributed by atoms with Gasteiger partial charge in [-0.15, -0.1) is 10.2 Å². The Morgan fingerprint density at radius 1 is 1.11 bits per heavy atom. The first kappa shape index (κ1) is 17.9. The van der Waals surface area contributed by atoms with Gasteiger partial charge in [0.05, 0.1) is 28.1 Å². The van der Waals surface area contributed by atoms with Crippen LogP contribution in [0.2, 0.25) is 0 Å². The molecule has 0 aliphatic rings. The number of rotatable bonds is 4. The van der Waals surface area contributed by atoms with Crippen LogP contribution in [0.25, 0.3) is 22.5 Å². The van der Waals surface area contributed by atoms with Crippen molar-refractivity contribution >= 4 is 26.8 Å². The van der Waals surface area contributed by atoms with Crippen LogP contribution in [0.4, 0.5) is 0 Å². The van der Waals surface area contributed by atoms with Crippen molar-refractivity contribution < 1.29 is 4.42 Å². The minimum Gasteiger partial charge on any atom is -0.419 e. The van der Waals surface area contributed by atoms with Crippen molar-refractivity contribution in [3.63, 3.8) is 0 Å². The molecular weight excluding hydrogens is 406 g/mol. The van der Waals surface area contributed by atoms with Gasteiger partial charge < -0.3 is 4.42 Å². The second-order valence-corrected chi connectivity index (χ2v) is 7.70. The molecule has 7 heteroatoms. The number of aromatic nitrogens is 5. The summed E-state index contributed by atoms with van der Waals surface area (Å²) in [7, 11) is 0. The first-order chi connectivity index (χ1) is 12.9. The lowest BCUT2D eigenvalue weighted by Gasteiger charge is -2.08. The number of benzene rings is 1. The predicted molar refractivity (Wildman–Crippen MR) is 108 cm³/mol. The summed E-state index contributed by atoms with van der Waals surface area (Å²) in [6, 6.07) is 10.1. The van der Waals surface area contributed by atoms with Crippen LogP contribution in [0.3, 0.4) is 0 Å². The molecule has 1 aromatic carbocycles. The molecule has 27 heavy (non-hydrogen) atoms. The Bertz CT molecular complexity index is 1130. The molecule has 0 fully saturated rings. The Kier molecular flexibility index (Phi) is 4.55. The van der Waals surface area contributed by atoms with Crippen LogP contribution in [-0.2, 0) is 6.54 Å². The molecule has 3 heterocycles. The molecule has 138 valence electrons. The zero-order valence-corrected chi connectivity index (χ0v) is 17.3. The maximum atomic E-state index is 5.92. The normalized spacial score (nSPS) is 12.6. The van der Waals surface area contributed by atoms with Crippen LogP contribution < -0.4 is 0 Å². The Balaban J connectivity index is 1.59. The summed E-state index contributed by atoms with van der Waals surface area (Å²) < 4.78 is 8.92. The van der Waals surface area contributed by atoms with Gasteiger partial charge in [0.15, 0.2) is 0 Å². The van der Waals surface area contributed by atoms with Crippen molar-refractivity contribution in [3.05, 3.63) is 57.6 Å². The van der Waals surface area contributed by atoms with Crippen LogP contribution >= 0.6 is 15.9 Å². The molecule has 4 aromatic rings. The van der Waals surface area contributed by atoms with Crippen molar-refractivity contribution in [2.45, 2.75) is 40.2 Å². The summed E-state index contributed by atoms with van der Waals surface area (Å²) in [6.45, 7) is 8.82. The van der Waals surface area contributed by atoms with E-state index in [9.17, 15) is 0 Å². The van der Waals surface area contributed by atoms with Gasteiger partial charge in [0.2, 0.25) is 5.89 Å². The topological polar surface area (TPSA) is 69.6 Å². The summed E-state index contributed by atoms with van der Waals surface area (Å²) in [5, 5.41) is 14.1. The second-order valence-electron chi connectivity index (χ2n) is 6.91. The van der Waals surface area contributed by atoms with Gasteiger partial charge in [0.1, 0.15) is 5.69 Å². The van der Waals surface area contributed by atoms with E-state index in [0.717, 1.165) is 26.8 Å². The summed E-state index contributed by atoms with van der Waals surface area (Å²) in [4.78, 5) is 4.65. The number of hydrogen-bond donors (Lipinski definition) is 0. The average Bonchev–Trinajstić information content (AvgIpc) is 3.23. The minimum absolute atomic E-state index is 0.0410. The monoisotopic (exact) mass is 425 g/mol. The smallest absolute Gasteiger partial charge is 0.266 e. The molecule has 0 aliphatic carbocycles. The number of nitrogens with zero attached hydrogens (tertiary/aromatic N) is 5. The van der Waals surface area contributed by atoms with Crippen molar-refractivity contribution in [2.75, 3.05) is 0 Å².